The largest absolute Gasteiger partial charge is 0.359 e. The summed E-state index contributed by atoms with van der Waals surface area (Å²) in [7, 11) is 0. The lowest BCUT2D eigenvalue weighted by Crippen LogP contribution is -2.28. The van der Waals surface area contributed by atoms with E-state index in [9.17, 15) is 0 Å². The van der Waals surface area contributed by atoms with Crippen molar-refractivity contribution in [2.45, 2.75) is 26.8 Å². The predicted octanol–water partition coefficient (Wildman–Crippen LogP) is 1.26. The van der Waals surface area contributed by atoms with Crippen LogP contribution in [0.2, 0.25) is 0 Å². The third-order valence-corrected chi connectivity index (χ3v) is 2.28. The quantitative estimate of drug-likeness (QED) is 0.702. The monoisotopic (exact) mass is 200 g/mol. The van der Waals surface area contributed by atoms with E-state index in [2.05, 4.69) is 34.7 Å². The summed E-state index contributed by atoms with van der Waals surface area (Å²) >= 11 is 1.59. The maximum absolute atomic E-state index is 3.96. The van der Waals surface area contributed by atoms with Crippen molar-refractivity contribution in [3.05, 3.63) is 5.01 Å². The Kier molecular flexibility index (Phi) is 4.11. The van der Waals surface area contributed by atoms with Crippen molar-refractivity contribution >= 4 is 16.5 Å². The number of hydrogen-bond donors (Lipinski definition) is 2. The van der Waals surface area contributed by atoms with Gasteiger partial charge in [0.05, 0.1) is 0 Å². The Morgan fingerprint density at radius 3 is 2.62 bits per heavy atom. The summed E-state index contributed by atoms with van der Waals surface area (Å²) in [6, 6.07) is 0.540. The summed E-state index contributed by atoms with van der Waals surface area (Å²) in [6.45, 7) is 8.07. The zero-order chi connectivity index (χ0) is 9.68. The Labute approximate surface area is 82.8 Å². The van der Waals surface area contributed by atoms with E-state index >= 15 is 0 Å². The average molecular weight is 200 g/mol. The lowest BCUT2D eigenvalue weighted by molar-refractivity contribution is 0.602. The first-order valence-electron chi connectivity index (χ1n) is 4.46. The van der Waals surface area contributed by atoms with Gasteiger partial charge >= 0.3 is 0 Å². The number of hydrogen-bond acceptors (Lipinski definition) is 5. The molecule has 1 aromatic heterocycles. The van der Waals surface area contributed by atoms with Crippen LogP contribution in [0.4, 0.5) is 5.13 Å². The average Bonchev–Trinajstić information content (AvgIpc) is 2.45. The highest BCUT2D eigenvalue weighted by molar-refractivity contribution is 7.15. The molecule has 1 heterocycles. The fourth-order valence-corrected chi connectivity index (χ4v) is 1.52. The van der Waals surface area contributed by atoms with E-state index in [1.807, 2.05) is 6.92 Å². The molecule has 0 unspecified atom stereocenters. The molecule has 0 spiro atoms. The van der Waals surface area contributed by atoms with Gasteiger partial charge in [0.25, 0.3) is 0 Å². The molecule has 0 aliphatic carbocycles. The van der Waals surface area contributed by atoms with Gasteiger partial charge in [0.1, 0.15) is 5.01 Å². The molecule has 74 valence electrons. The Bertz CT molecular complexity index is 246. The second-order valence-corrected chi connectivity index (χ2v) is 4.34. The van der Waals surface area contributed by atoms with Crippen LogP contribution in [0.25, 0.3) is 0 Å². The van der Waals surface area contributed by atoms with E-state index in [1.165, 1.54) is 0 Å². The normalized spacial score (nSPS) is 10.8. The van der Waals surface area contributed by atoms with Gasteiger partial charge in [-0.25, -0.2) is 0 Å². The smallest absolute Gasteiger partial charge is 0.205 e. The molecule has 0 saturated carbocycles. The van der Waals surface area contributed by atoms with E-state index in [-0.39, 0.29) is 0 Å². The molecule has 0 fully saturated rings. The summed E-state index contributed by atoms with van der Waals surface area (Å²) in [5.41, 5.74) is 0. The van der Waals surface area contributed by atoms with Gasteiger partial charge in [-0.3, -0.25) is 0 Å². The highest BCUT2D eigenvalue weighted by Crippen LogP contribution is 2.12. The van der Waals surface area contributed by atoms with Gasteiger partial charge < -0.3 is 10.6 Å². The third kappa shape index (κ3) is 4.19. The van der Waals surface area contributed by atoms with E-state index in [1.54, 1.807) is 11.3 Å². The molecule has 0 aliphatic rings. The van der Waals surface area contributed by atoms with Crippen LogP contribution in [0.15, 0.2) is 0 Å². The van der Waals surface area contributed by atoms with Crippen LogP contribution in [0.1, 0.15) is 18.9 Å². The molecular weight excluding hydrogens is 184 g/mol. The Morgan fingerprint density at radius 2 is 2.08 bits per heavy atom. The molecule has 1 rings (SSSR count). The predicted molar refractivity (Wildman–Crippen MR) is 56.3 cm³/mol. The Hall–Kier alpha value is -0.680. The van der Waals surface area contributed by atoms with Crippen LogP contribution in [0, 0.1) is 6.92 Å². The first kappa shape index (κ1) is 10.4. The van der Waals surface area contributed by atoms with Crippen molar-refractivity contribution in [2.75, 3.05) is 18.4 Å². The van der Waals surface area contributed by atoms with Gasteiger partial charge in [0.2, 0.25) is 5.13 Å². The zero-order valence-electron chi connectivity index (χ0n) is 8.29. The first-order chi connectivity index (χ1) is 6.18. The van der Waals surface area contributed by atoms with Crippen LogP contribution in [0.5, 0.6) is 0 Å². The molecule has 5 heteroatoms. The number of rotatable bonds is 5. The van der Waals surface area contributed by atoms with Gasteiger partial charge in [-0.05, 0) is 6.92 Å². The summed E-state index contributed by atoms with van der Waals surface area (Å²) < 4.78 is 0. The molecule has 0 saturated heterocycles. The van der Waals surface area contributed by atoms with Crippen molar-refractivity contribution in [1.82, 2.24) is 15.5 Å². The van der Waals surface area contributed by atoms with Gasteiger partial charge in [-0.15, -0.1) is 10.2 Å². The number of aryl methyl sites for hydroxylation is 1. The molecule has 0 radical (unpaired) electrons. The standard InChI is InChI=1S/C8H16N4S/c1-6(2)9-4-5-10-8-12-11-7(3)13-8/h6,9H,4-5H2,1-3H3,(H,10,12). The molecule has 2 N–H and O–H groups in total. The molecule has 4 nitrogen and oxygen atoms in total. The maximum atomic E-state index is 3.96. The Morgan fingerprint density at radius 1 is 1.31 bits per heavy atom. The van der Waals surface area contributed by atoms with E-state index < -0.39 is 0 Å². The molecule has 1 aromatic rings. The summed E-state index contributed by atoms with van der Waals surface area (Å²) in [4.78, 5) is 0. The van der Waals surface area contributed by atoms with E-state index in [0.29, 0.717) is 6.04 Å². The van der Waals surface area contributed by atoms with Gasteiger partial charge in [-0.2, -0.15) is 0 Å². The van der Waals surface area contributed by atoms with Crippen LogP contribution in [0.3, 0.4) is 0 Å². The second kappa shape index (κ2) is 5.14. The second-order valence-electron chi connectivity index (χ2n) is 3.16. The minimum Gasteiger partial charge on any atom is -0.359 e. The zero-order valence-corrected chi connectivity index (χ0v) is 9.11. The van der Waals surface area contributed by atoms with Crippen molar-refractivity contribution in [1.29, 1.82) is 0 Å². The van der Waals surface area contributed by atoms with Crippen LogP contribution in [-0.2, 0) is 0 Å². The lowest BCUT2D eigenvalue weighted by atomic mass is 10.4. The molecule has 0 aromatic carbocycles. The maximum Gasteiger partial charge on any atom is 0.205 e. The van der Waals surface area contributed by atoms with Gasteiger partial charge in [-0.1, -0.05) is 25.2 Å². The minimum atomic E-state index is 0.540. The summed E-state index contributed by atoms with van der Waals surface area (Å²) in [5, 5.41) is 16.3. The highest BCUT2D eigenvalue weighted by atomic mass is 32.1. The fraction of sp³-hybridized carbons (Fsp3) is 0.750. The molecule has 0 bridgehead atoms. The van der Waals surface area contributed by atoms with Crippen molar-refractivity contribution in [3.8, 4) is 0 Å². The number of aromatic nitrogens is 2. The highest BCUT2D eigenvalue weighted by Gasteiger charge is 1.98. The van der Waals surface area contributed by atoms with E-state index in [4.69, 9.17) is 0 Å². The summed E-state index contributed by atoms with van der Waals surface area (Å²) in [5.74, 6) is 0. The molecule has 0 atom stereocenters. The Balaban J connectivity index is 2.13. The van der Waals surface area contributed by atoms with Crippen molar-refractivity contribution in [3.63, 3.8) is 0 Å². The molecular formula is C8H16N4S. The van der Waals surface area contributed by atoms with Gasteiger partial charge in [0, 0.05) is 19.1 Å². The van der Waals surface area contributed by atoms with Crippen LogP contribution >= 0.6 is 11.3 Å². The van der Waals surface area contributed by atoms with Crippen LogP contribution < -0.4 is 10.6 Å². The number of nitrogens with zero attached hydrogens (tertiary/aromatic N) is 2. The van der Waals surface area contributed by atoms with Crippen molar-refractivity contribution in [2.24, 2.45) is 0 Å². The summed E-state index contributed by atoms with van der Waals surface area (Å²) in [6.07, 6.45) is 0. The third-order valence-electron chi connectivity index (χ3n) is 1.48. The first-order valence-corrected chi connectivity index (χ1v) is 5.27. The molecule has 0 aliphatic heterocycles. The van der Waals surface area contributed by atoms with Crippen molar-refractivity contribution < 1.29 is 0 Å². The lowest BCUT2D eigenvalue weighted by Gasteiger charge is -2.07. The van der Waals surface area contributed by atoms with Gasteiger partial charge in [0.15, 0.2) is 0 Å². The van der Waals surface area contributed by atoms with E-state index in [0.717, 1.165) is 23.2 Å². The van der Waals surface area contributed by atoms with Crippen LogP contribution in [-0.4, -0.2) is 29.3 Å². The number of nitrogens with one attached hydrogen (secondary N) is 2. The fourth-order valence-electron chi connectivity index (χ4n) is 0.898. The minimum absolute atomic E-state index is 0.540. The molecule has 0 amide bonds. The SMILES string of the molecule is Cc1nnc(NCCNC(C)C)s1. The topological polar surface area (TPSA) is 49.8 Å². The number of anilines is 1. The molecule has 13 heavy (non-hydrogen) atoms.